The first-order chi connectivity index (χ1) is 9.34. The van der Waals surface area contributed by atoms with Crippen LogP contribution in [0.25, 0.3) is 11.1 Å². The fourth-order valence-corrected chi connectivity index (χ4v) is 1.22. The van der Waals surface area contributed by atoms with Crippen LogP contribution >= 0.6 is 0 Å². The Balaban J connectivity index is 2.64. The SMILES string of the molecule is [2H]c1c([2H])c([2H])c(-c2ccc(B(O)O)cc2)c([2H])c1[2H]. The second kappa shape index (κ2) is 4.30. The zero-order valence-corrected chi connectivity index (χ0v) is 7.78. The second-order valence-electron chi connectivity index (χ2n) is 3.00. The average molecular weight is 203 g/mol. The van der Waals surface area contributed by atoms with Crippen LogP contribution in [0.1, 0.15) is 6.85 Å². The molecule has 0 aliphatic rings. The third-order valence-corrected chi connectivity index (χ3v) is 2.00. The van der Waals surface area contributed by atoms with Gasteiger partial charge in [0.25, 0.3) is 0 Å². The number of rotatable bonds is 2. The van der Waals surface area contributed by atoms with Crippen molar-refractivity contribution in [3.63, 3.8) is 0 Å². The lowest BCUT2D eigenvalue weighted by Crippen LogP contribution is -2.29. The summed E-state index contributed by atoms with van der Waals surface area (Å²) in [6.45, 7) is 0. The van der Waals surface area contributed by atoms with Gasteiger partial charge in [-0.15, -0.1) is 0 Å². The molecule has 0 aliphatic heterocycles. The molecule has 2 N–H and O–H groups in total. The van der Waals surface area contributed by atoms with Crippen molar-refractivity contribution >= 4 is 12.6 Å². The van der Waals surface area contributed by atoms with E-state index in [-0.39, 0.29) is 23.1 Å². The van der Waals surface area contributed by atoms with E-state index < -0.39 is 25.2 Å². The Bertz CT molecular complexity index is 629. The largest absolute Gasteiger partial charge is 0.488 e. The first-order valence-electron chi connectivity index (χ1n) is 6.88. The molecule has 15 heavy (non-hydrogen) atoms. The summed E-state index contributed by atoms with van der Waals surface area (Å²) in [5.41, 5.74) is 0.780. The van der Waals surface area contributed by atoms with Crippen molar-refractivity contribution in [1.29, 1.82) is 0 Å². The molecule has 0 aliphatic carbocycles. The predicted molar refractivity (Wildman–Crippen MR) is 61.7 cm³/mol. The highest BCUT2D eigenvalue weighted by Gasteiger charge is 2.09. The lowest BCUT2D eigenvalue weighted by Gasteiger charge is -2.03. The fourth-order valence-electron chi connectivity index (χ4n) is 1.22. The van der Waals surface area contributed by atoms with E-state index in [0.29, 0.717) is 5.56 Å². The van der Waals surface area contributed by atoms with Crippen LogP contribution in [0, 0.1) is 0 Å². The normalized spacial score (nSPS) is 14.7. The molecule has 0 aromatic heterocycles. The van der Waals surface area contributed by atoms with Crippen LogP contribution in [0.3, 0.4) is 0 Å². The van der Waals surface area contributed by atoms with Gasteiger partial charge in [0.15, 0.2) is 0 Å². The van der Waals surface area contributed by atoms with Crippen LogP contribution in [0.5, 0.6) is 0 Å². The molecular formula is C12H11BO2. The summed E-state index contributed by atoms with van der Waals surface area (Å²) in [6.07, 6.45) is 0. The van der Waals surface area contributed by atoms with Gasteiger partial charge in [0.1, 0.15) is 0 Å². The van der Waals surface area contributed by atoms with Gasteiger partial charge >= 0.3 is 7.12 Å². The molecule has 0 radical (unpaired) electrons. The monoisotopic (exact) mass is 203 g/mol. The Hall–Kier alpha value is -1.58. The van der Waals surface area contributed by atoms with Crippen molar-refractivity contribution < 1.29 is 16.9 Å². The van der Waals surface area contributed by atoms with E-state index in [1.54, 1.807) is 0 Å². The van der Waals surface area contributed by atoms with Crippen LogP contribution < -0.4 is 5.46 Å². The molecule has 2 aromatic carbocycles. The van der Waals surface area contributed by atoms with Gasteiger partial charge in [-0.25, -0.2) is 0 Å². The van der Waals surface area contributed by atoms with E-state index in [0.717, 1.165) is 0 Å². The zero-order chi connectivity index (χ0) is 15.0. The average Bonchev–Trinajstić information content (AvgIpc) is 2.44. The summed E-state index contributed by atoms with van der Waals surface area (Å²) in [7, 11) is -1.61. The van der Waals surface area contributed by atoms with Gasteiger partial charge in [-0.3, -0.25) is 0 Å². The van der Waals surface area contributed by atoms with Gasteiger partial charge in [-0.1, -0.05) is 54.5 Å². The summed E-state index contributed by atoms with van der Waals surface area (Å²) in [6, 6.07) is 4.04. The molecule has 0 unspecified atom stereocenters. The van der Waals surface area contributed by atoms with Crippen LogP contribution in [0.2, 0.25) is 0 Å². The van der Waals surface area contributed by atoms with Gasteiger partial charge < -0.3 is 10.0 Å². The van der Waals surface area contributed by atoms with Crippen LogP contribution in [0.4, 0.5) is 0 Å². The van der Waals surface area contributed by atoms with Gasteiger partial charge in [-0.05, 0) is 16.6 Å². The Kier molecular flexibility index (Phi) is 1.57. The van der Waals surface area contributed by atoms with Gasteiger partial charge in [0.2, 0.25) is 0 Å². The van der Waals surface area contributed by atoms with Crippen LogP contribution in [0.15, 0.2) is 54.5 Å². The Labute approximate surface area is 96.0 Å². The zero-order valence-electron chi connectivity index (χ0n) is 12.8. The minimum absolute atomic E-state index is 0.0926. The van der Waals surface area contributed by atoms with Crippen LogP contribution in [-0.4, -0.2) is 17.2 Å². The Morgan fingerprint density at radius 1 is 0.867 bits per heavy atom. The maximum Gasteiger partial charge on any atom is 0.488 e. The predicted octanol–water partition coefficient (Wildman–Crippen LogP) is 1.03. The first-order valence-corrected chi connectivity index (χ1v) is 4.38. The van der Waals surface area contributed by atoms with Crippen molar-refractivity contribution in [3.8, 4) is 11.1 Å². The first kappa shape index (κ1) is 5.49. The van der Waals surface area contributed by atoms with E-state index in [4.69, 9.17) is 16.9 Å². The smallest absolute Gasteiger partial charge is 0.423 e. The maximum absolute atomic E-state index is 9.02. The highest BCUT2D eigenvalue weighted by atomic mass is 16.4. The van der Waals surface area contributed by atoms with Crippen molar-refractivity contribution in [2.24, 2.45) is 0 Å². The molecule has 0 fully saturated rings. The Morgan fingerprint density at radius 3 is 2.00 bits per heavy atom. The molecule has 0 amide bonds. The molecule has 0 heterocycles. The number of benzene rings is 2. The molecule has 0 atom stereocenters. The fraction of sp³-hybridized carbons (Fsp3) is 0. The van der Waals surface area contributed by atoms with Crippen LogP contribution in [-0.2, 0) is 0 Å². The molecule has 2 rings (SSSR count). The van der Waals surface area contributed by atoms with E-state index in [1.807, 2.05) is 0 Å². The summed E-state index contributed by atoms with van der Waals surface area (Å²) in [5.74, 6) is 0. The minimum Gasteiger partial charge on any atom is -0.423 e. The highest BCUT2D eigenvalue weighted by Crippen LogP contribution is 2.16. The third kappa shape index (κ3) is 2.26. The quantitative estimate of drug-likeness (QED) is 0.715. The van der Waals surface area contributed by atoms with Crippen molar-refractivity contribution in [3.05, 3.63) is 54.5 Å². The molecule has 0 saturated carbocycles. The van der Waals surface area contributed by atoms with Gasteiger partial charge in [0, 0.05) is 0 Å². The molecular weight excluding hydrogens is 187 g/mol. The van der Waals surface area contributed by atoms with E-state index in [1.165, 1.54) is 24.3 Å². The minimum atomic E-state index is -1.61. The molecule has 0 bridgehead atoms. The van der Waals surface area contributed by atoms with Crippen molar-refractivity contribution in [2.75, 3.05) is 0 Å². The second-order valence-corrected chi connectivity index (χ2v) is 3.00. The van der Waals surface area contributed by atoms with Crippen molar-refractivity contribution in [2.45, 2.75) is 0 Å². The maximum atomic E-state index is 9.02. The standard InChI is InChI=1S/C12H11BO2/c14-13(15)12-8-6-11(7-9-12)10-4-2-1-3-5-10/h1-9,14-15H/i1D,2D,3D,4D,5D. The summed E-state index contributed by atoms with van der Waals surface area (Å²) >= 11 is 0. The third-order valence-electron chi connectivity index (χ3n) is 2.00. The lowest BCUT2D eigenvalue weighted by molar-refractivity contribution is 0.426. The topological polar surface area (TPSA) is 40.5 Å². The van der Waals surface area contributed by atoms with Gasteiger partial charge in [0.05, 0.1) is 6.85 Å². The van der Waals surface area contributed by atoms with E-state index >= 15 is 0 Å². The number of hydrogen-bond acceptors (Lipinski definition) is 2. The lowest BCUT2D eigenvalue weighted by atomic mass is 9.80. The molecule has 3 heteroatoms. The molecule has 2 aromatic rings. The Morgan fingerprint density at radius 2 is 1.47 bits per heavy atom. The highest BCUT2D eigenvalue weighted by molar-refractivity contribution is 6.58. The molecule has 74 valence electrons. The molecule has 0 saturated heterocycles. The molecule has 0 spiro atoms. The summed E-state index contributed by atoms with van der Waals surface area (Å²) in [5, 5.41) is 18.0. The summed E-state index contributed by atoms with van der Waals surface area (Å²) < 4.78 is 38.4. The van der Waals surface area contributed by atoms with Crippen molar-refractivity contribution in [1.82, 2.24) is 0 Å². The van der Waals surface area contributed by atoms with E-state index in [9.17, 15) is 0 Å². The van der Waals surface area contributed by atoms with E-state index in [2.05, 4.69) is 0 Å². The number of hydrogen-bond donors (Lipinski definition) is 2. The summed E-state index contributed by atoms with van der Waals surface area (Å²) in [4.78, 5) is 0. The van der Waals surface area contributed by atoms with Gasteiger partial charge in [-0.2, -0.15) is 0 Å². The molecule has 2 nitrogen and oxygen atoms in total.